The fraction of sp³-hybridized carbons (Fsp3) is 0.227. The Bertz CT molecular complexity index is 1100. The van der Waals surface area contributed by atoms with Gasteiger partial charge in [-0.1, -0.05) is 30.3 Å². The Kier molecular flexibility index (Phi) is 5.59. The maximum absolute atomic E-state index is 13.5. The maximum Gasteiger partial charge on any atom is 0.231 e. The van der Waals surface area contributed by atoms with Crippen LogP contribution in [0.3, 0.4) is 0 Å². The first kappa shape index (κ1) is 20.2. The Balaban J connectivity index is 1.43. The summed E-state index contributed by atoms with van der Waals surface area (Å²) in [6.45, 7) is 2.62. The standard InChI is InChI=1S/C22H19F2N3O2S/c1-13-20(15-7-8-17(23)18(24)9-15)25-22(30-13)26-21(29)16-10-19(28)27(12-16)11-14-5-3-2-4-6-14/h2-9,16H,10-12H2,1H3,(H,25,26,29)/t16-/m1/s1. The summed E-state index contributed by atoms with van der Waals surface area (Å²) in [7, 11) is 0. The number of aromatic nitrogens is 1. The first-order valence-electron chi connectivity index (χ1n) is 9.46. The van der Waals surface area contributed by atoms with Gasteiger partial charge in [-0.25, -0.2) is 13.8 Å². The van der Waals surface area contributed by atoms with Crippen LogP contribution in [0.4, 0.5) is 13.9 Å². The fourth-order valence-electron chi connectivity index (χ4n) is 3.47. The average molecular weight is 427 g/mol. The Hall–Kier alpha value is -3.13. The summed E-state index contributed by atoms with van der Waals surface area (Å²) >= 11 is 1.25. The molecule has 0 aliphatic carbocycles. The number of carbonyl (C=O) groups excluding carboxylic acids is 2. The van der Waals surface area contributed by atoms with Crippen LogP contribution < -0.4 is 5.32 Å². The molecule has 30 heavy (non-hydrogen) atoms. The number of nitrogens with zero attached hydrogens (tertiary/aromatic N) is 2. The monoisotopic (exact) mass is 427 g/mol. The first-order chi connectivity index (χ1) is 14.4. The van der Waals surface area contributed by atoms with E-state index in [4.69, 9.17) is 0 Å². The molecular weight excluding hydrogens is 408 g/mol. The normalized spacial score (nSPS) is 16.2. The molecule has 5 nitrogen and oxygen atoms in total. The third-order valence-corrected chi connectivity index (χ3v) is 5.91. The van der Waals surface area contributed by atoms with E-state index in [1.807, 2.05) is 30.3 Å². The van der Waals surface area contributed by atoms with E-state index in [-0.39, 0.29) is 18.2 Å². The van der Waals surface area contributed by atoms with Crippen molar-refractivity contribution in [3.05, 3.63) is 70.6 Å². The summed E-state index contributed by atoms with van der Waals surface area (Å²) < 4.78 is 26.7. The van der Waals surface area contributed by atoms with Gasteiger partial charge in [-0.15, -0.1) is 11.3 Å². The number of hydrogen-bond acceptors (Lipinski definition) is 4. The lowest BCUT2D eigenvalue weighted by Crippen LogP contribution is -2.28. The smallest absolute Gasteiger partial charge is 0.231 e. The predicted octanol–water partition coefficient (Wildman–Crippen LogP) is 4.38. The van der Waals surface area contributed by atoms with E-state index in [9.17, 15) is 18.4 Å². The van der Waals surface area contributed by atoms with E-state index >= 15 is 0 Å². The third kappa shape index (κ3) is 4.23. The Labute approximate surface area is 176 Å². The Morgan fingerprint density at radius 1 is 1.20 bits per heavy atom. The van der Waals surface area contributed by atoms with E-state index in [2.05, 4.69) is 10.3 Å². The van der Waals surface area contributed by atoms with Crippen molar-refractivity contribution in [2.45, 2.75) is 19.9 Å². The second-order valence-electron chi connectivity index (χ2n) is 7.20. The molecule has 1 N–H and O–H groups in total. The minimum absolute atomic E-state index is 0.0585. The van der Waals surface area contributed by atoms with Crippen molar-refractivity contribution in [2.24, 2.45) is 5.92 Å². The molecule has 1 aromatic heterocycles. The number of benzene rings is 2. The summed E-state index contributed by atoms with van der Waals surface area (Å²) in [6.07, 6.45) is 0.152. The van der Waals surface area contributed by atoms with Crippen LogP contribution in [0.2, 0.25) is 0 Å². The number of likely N-dealkylation sites (tertiary alicyclic amines) is 1. The lowest BCUT2D eigenvalue weighted by Gasteiger charge is -2.16. The molecule has 8 heteroatoms. The van der Waals surface area contributed by atoms with Crippen molar-refractivity contribution < 1.29 is 18.4 Å². The Morgan fingerprint density at radius 2 is 1.97 bits per heavy atom. The zero-order valence-electron chi connectivity index (χ0n) is 16.2. The molecule has 2 heterocycles. The van der Waals surface area contributed by atoms with Gasteiger partial charge in [0.2, 0.25) is 11.8 Å². The fourth-order valence-corrected chi connectivity index (χ4v) is 4.31. The highest BCUT2D eigenvalue weighted by atomic mass is 32.1. The number of thiazole rings is 1. The largest absolute Gasteiger partial charge is 0.338 e. The van der Waals surface area contributed by atoms with Crippen LogP contribution in [0.25, 0.3) is 11.3 Å². The average Bonchev–Trinajstić information content (AvgIpc) is 3.27. The van der Waals surface area contributed by atoms with Crippen molar-refractivity contribution in [3.8, 4) is 11.3 Å². The second kappa shape index (κ2) is 8.31. The topological polar surface area (TPSA) is 62.3 Å². The van der Waals surface area contributed by atoms with Crippen molar-refractivity contribution in [1.82, 2.24) is 9.88 Å². The zero-order chi connectivity index (χ0) is 21.3. The van der Waals surface area contributed by atoms with Gasteiger partial charge in [-0.2, -0.15) is 0 Å². The molecule has 1 fully saturated rings. The van der Waals surface area contributed by atoms with Gasteiger partial charge in [-0.3, -0.25) is 9.59 Å². The molecule has 0 unspecified atom stereocenters. The van der Waals surface area contributed by atoms with Crippen molar-refractivity contribution >= 4 is 28.3 Å². The van der Waals surface area contributed by atoms with Crippen molar-refractivity contribution in [1.29, 1.82) is 0 Å². The van der Waals surface area contributed by atoms with Gasteiger partial charge in [0, 0.05) is 30.0 Å². The number of carbonyl (C=O) groups is 2. The number of hydrogen-bond donors (Lipinski definition) is 1. The van der Waals surface area contributed by atoms with Gasteiger partial charge in [0.05, 0.1) is 11.6 Å². The number of anilines is 1. The molecular formula is C22H19F2N3O2S. The highest BCUT2D eigenvalue weighted by Crippen LogP contribution is 2.32. The summed E-state index contributed by atoms with van der Waals surface area (Å²) in [5.74, 6) is -2.67. The highest BCUT2D eigenvalue weighted by Gasteiger charge is 2.34. The molecule has 2 aromatic carbocycles. The molecule has 0 bridgehead atoms. The summed E-state index contributed by atoms with van der Waals surface area (Å²) in [6, 6.07) is 13.2. The second-order valence-corrected chi connectivity index (χ2v) is 8.41. The van der Waals surface area contributed by atoms with Gasteiger partial charge in [0.15, 0.2) is 16.8 Å². The number of rotatable bonds is 5. The predicted molar refractivity (Wildman–Crippen MR) is 111 cm³/mol. The van der Waals surface area contributed by atoms with Crippen LogP contribution in [-0.4, -0.2) is 28.2 Å². The van der Waals surface area contributed by atoms with E-state index in [1.54, 1.807) is 11.8 Å². The van der Waals surface area contributed by atoms with E-state index in [0.29, 0.717) is 29.5 Å². The molecule has 1 saturated heterocycles. The maximum atomic E-state index is 13.5. The SMILES string of the molecule is Cc1sc(NC(=O)[C@@H]2CC(=O)N(Cc3ccccc3)C2)nc1-c1ccc(F)c(F)c1. The van der Waals surface area contributed by atoms with Crippen LogP contribution in [-0.2, 0) is 16.1 Å². The Morgan fingerprint density at radius 3 is 2.70 bits per heavy atom. The number of aryl methyl sites for hydroxylation is 1. The number of halogens is 2. The zero-order valence-corrected chi connectivity index (χ0v) is 17.0. The van der Waals surface area contributed by atoms with Crippen molar-refractivity contribution in [3.63, 3.8) is 0 Å². The lowest BCUT2D eigenvalue weighted by molar-refractivity contribution is -0.128. The molecule has 1 aliphatic heterocycles. The molecule has 2 amide bonds. The minimum atomic E-state index is -0.950. The lowest BCUT2D eigenvalue weighted by atomic mass is 10.1. The number of nitrogens with one attached hydrogen (secondary N) is 1. The molecule has 0 spiro atoms. The first-order valence-corrected chi connectivity index (χ1v) is 10.3. The van der Waals surface area contributed by atoms with Gasteiger partial charge >= 0.3 is 0 Å². The van der Waals surface area contributed by atoms with Gasteiger partial charge < -0.3 is 10.2 Å². The van der Waals surface area contributed by atoms with Crippen LogP contribution in [0.5, 0.6) is 0 Å². The molecule has 4 rings (SSSR count). The van der Waals surface area contributed by atoms with Crippen LogP contribution in [0.15, 0.2) is 48.5 Å². The van der Waals surface area contributed by atoms with Gasteiger partial charge in [-0.05, 0) is 30.7 Å². The van der Waals surface area contributed by atoms with Crippen LogP contribution in [0.1, 0.15) is 16.9 Å². The molecule has 0 radical (unpaired) electrons. The van der Waals surface area contributed by atoms with Crippen LogP contribution >= 0.6 is 11.3 Å². The summed E-state index contributed by atoms with van der Waals surface area (Å²) in [5.41, 5.74) is 1.94. The molecule has 154 valence electrons. The molecule has 1 aliphatic rings. The summed E-state index contributed by atoms with van der Waals surface area (Å²) in [4.78, 5) is 31.8. The van der Waals surface area contributed by atoms with E-state index < -0.39 is 17.6 Å². The number of amides is 2. The van der Waals surface area contributed by atoms with Crippen molar-refractivity contribution in [2.75, 3.05) is 11.9 Å². The molecule has 0 saturated carbocycles. The van der Waals surface area contributed by atoms with E-state index in [1.165, 1.54) is 17.4 Å². The van der Waals surface area contributed by atoms with Gasteiger partial charge in [0.25, 0.3) is 0 Å². The molecule has 3 aromatic rings. The minimum Gasteiger partial charge on any atom is -0.338 e. The summed E-state index contributed by atoms with van der Waals surface area (Å²) in [5, 5.41) is 3.13. The van der Waals surface area contributed by atoms with Crippen LogP contribution in [0, 0.1) is 24.5 Å². The van der Waals surface area contributed by atoms with Gasteiger partial charge in [0.1, 0.15) is 0 Å². The highest BCUT2D eigenvalue weighted by molar-refractivity contribution is 7.16. The third-order valence-electron chi connectivity index (χ3n) is 5.02. The molecule has 1 atom stereocenters. The van der Waals surface area contributed by atoms with E-state index in [0.717, 1.165) is 22.6 Å². The quantitative estimate of drug-likeness (QED) is 0.657.